The zero-order chi connectivity index (χ0) is 10.8. The van der Waals surface area contributed by atoms with Gasteiger partial charge in [-0.1, -0.05) is 11.6 Å². The van der Waals surface area contributed by atoms with E-state index in [0.29, 0.717) is 16.8 Å². The quantitative estimate of drug-likeness (QED) is 0.794. The molecule has 1 fully saturated rings. The number of benzene rings is 1. The molecule has 2 rings (SSSR count). The zero-order valence-electron chi connectivity index (χ0n) is 8.63. The molecule has 0 unspecified atom stereocenters. The molecule has 1 N–H and O–H groups in total. The van der Waals surface area contributed by atoms with E-state index in [1.807, 2.05) is 4.90 Å². The van der Waals surface area contributed by atoms with Crippen molar-refractivity contribution in [1.29, 1.82) is 0 Å². The van der Waals surface area contributed by atoms with E-state index < -0.39 is 0 Å². The number of nitrogens with zero attached hydrogens (tertiary/aromatic N) is 1. The third kappa shape index (κ3) is 2.41. The molecule has 0 bridgehead atoms. The summed E-state index contributed by atoms with van der Waals surface area (Å²) in [7, 11) is 0. The number of hydrogen-bond donors (Lipinski definition) is 1. The van der Waals surface area contributed by atoms with Crippen LogP contribution >= 0.6 is 11.6 Å². The van der Waals surface area contributed by atoms with Crippen LogP contribution in [-0.2, 0) is 0 Å². The fourth-order valence-electron chi connectivity index (χ4n) is 1.89. The standard InChI is InChI=1S/C11H14ClFN2/c1-8-7-15(5-4-14-8)11-3-2-9(12)6-10(11)13/h2-3,6,8,14H,4-5,7H2,1H3/t8-/m0/s1. The zero-order valence-corrected chi connectivity index (χ0v) is 9.39. The maximum absolute atomic E-state index is 13.6. The number of piperazine rings is 1. The van der Waals surface area contributed by atoms with E-state index in [0.717, 1.165) is 19.6 Å². The molecule has 0 radical (unpaired) electrons. The van der Waals surface area contributed by atoms with Gasteiger partial charge in [-0.25, -0.2) is 4.39 Å². The Hall–Kier alpha value is -0.800. The van der Waals surface area contributed by atoms with Crippen molar-refractivity contribution in [3.05, 3.63) is 29.0 Å². The molecule has 0 saturated carbocycles. The molecule has 4 heteroatoms. The van der Waals surface area contributed by atoms with Crippen molar-refractivity contribution in [3.63, 3.8) is 0 Å². The van der Waals surface area contributed by atoms with Crippen LogP contribution in [0, 0.1) is 5.82 Å². The first-order chi connectivity index (χ1) is 7.16. The van der Waals surface area contributed by atoms with Gasteiger partial charge in [-0.2, -0.15) is 0 Å². The van der Waals surface area contributed by atoms with Gasteiger partial charge < -0.3 is 10.2 Å². The summed E-state index contributed by atoms with van der Waals surface area (Å²) in [6.07, 6.45) is 0. The second-order valence-electron chi connectivity index (χ2n) is 3.90. The van der Waals surface area contributed by atoms with Crippen molar-refractivity contribution >= 4 is 17.3 Å². The van der Waals surface area contributed by atoms with Crippen LogP contribution in [0.15, 0.2) is 18.2 Å². The Morgan fingerprint density at radius 2 is 2.33 bits per heavy atom. The second kappa shape index (κ2) is 4.37. The van der Waals surface area contributed by atoms with Crippen molar-refractivity contribution in [3.8, 4) is 0 Å². The summed E-state index contributed by atoms with van der Waals surface area (Å²) in [5.74, 6) is -0.239. The minimum absolute atomic E-state index is 0.239. The molecule has 1 aliphatic rings. The Morgan fingerprint density at radius 3 is 3.00 bits per heavy atom. The average Bonchev–Trinajstić information content (AvgIpc) is 2.17. The molecule has 1 atom stereocenters. The molecule has 2 nitrogen and oxygen atoms in total. The molecule has 15 heavy (non-hydrogen) atoms. The van der Waals surface area contributed by atoms with Gasteiger partial charge in [-0.3, -0.25) is 0 Å². The van der Waals surface area contributed by atoms with Crippen molar-refractivity contribution in [1.82, 2.24) is 5.32 Å². The van der Waals surface area contributed by atoms with Crippen LogP contribution in [-0.4, -0.2) is 25.7 Å². The minimum atomic E-state index is -0.239. The van der Waals surface area contributed by atoms with Gasteiger partial charge in [0.05, 0.1) is 5.69 Å². The first-order valence-electron chi connectivity index (χ1n) is 5.10. The number of halogens is 2. The van der Waals surface area contributed by atoms with E-state index in [-0.39, 0.29) is 5.82 Å². The smallest absolute Gasteiger partial charge is 0.147 e. The van der Waals surface area contributed by atoms with Crippen LogP contribution in [0.25, 0.3) is 0 Å². The third-order valence-electron chi connectivity index (χ3n) is 2.62. The van der Waals surface area contributed by atoms with Crippen LogP contribution in [0.5, 0.6) is 0 Å². The Labute approximate surface area is 94.0 Å². The number of anilines is 1. The SMILES string of the molecule is C[C@H]1CN(c2ccc(Cl)cc2F)CCN1. The fraction of sp³-hybridized carbons (Fsp3) is 0.455. The third-order valence-corrected chi connectivity index (χ3v) is 2.85. The summed E-state index contributed by atoms with van der Waals surface area (Å²) >= 11 is 5.71. The van der Waals surface area contributed by atoms with Crippen molar-refractivity contribution in [2.45, 2.75) is 13.0 Å². The summed E-state index contributed by atoms with van der Waals surface area (Å²) in [5.41, 5.74) is 0.646. The summed E-state index contributed by atoms with van der Waals surface area (Å²) in [5, 5.41) is 3.77. The molecule has 0 spiro atoms. The lowest BCUT2D eigenvalue weighted by molar-refractivity contribution is 0.478. The molecule has 1 aliphatic heterocycles. The molecule has 1 heterocycles. The van der Waals surface area contributed by atoms with E-state index in [1.54, 1.807) is 12.1 Å². The summed E-state index contributed by atoms with van der Waals surface area (Å²) in [6, 6.07) is 5.24. The highest BCUT2D eigenvalue weighted by Gasteiger charge is 2.18. The lowest BCUT2D eigenvalue weighted by atomic mass is 10.2. The summed E-state index contributed by atoms with van der Waals surface area (Å²) in [6.45, 7) is 4.66. The number of nitrogens with one attached hydrogen (secondary N) is 1. The van der Waals surface area contributed by atoms with Crippen LogP contribution in [0.2, 0.25) is 5.02 Å². The number of rotatable bonds is 1. The Balaban J connectivity index is 2.21. The van der Waals surface area contributed by atoms with E-state index >= 15 is 0 Å². The van der Waals surface area contributed by atoms with E-state index in [4.69, 9.17) is 11.6 Å². The van der Waals surface area contributed by atoms with E-state index in [1.165, 1.54) is 6.07 Å². The first kappa shape index (κ1) is 10.7. The lowest BCUT2D eigenvalue weighted by Crippen LogP contribution is -2.49. The van der Waals surface area contributed by atoms with Crippen LogP contribution in [0.1, 0.15) is 6.92 Å². The molecular weight excluding hydrogens is 215 g/mol. The van der Waals surface area contributed by atoms with Crippen molar-refractivity contribution < 1.29 is 4.39 Å². The molecule has 0 amide bonds. The first-order valence-corrected chi connectivity index (χ1v) is 5.48. The highest BCUT2D eigenvalue weighted by molar-refractivity contribution is 6.30. The number of hydrogen-bond acceptors (Lipinski definition) is 2. The Bertz CT molecular complexity index is 356. The van der Waals surface area contributed by atoms with Gasteiger partial charge >= 0.3 is 0 Å². The van der Waals surface area contributed by atoms with Crippen molar-refractivity contribution in [2.75, 3.05) is 24.5 Å². The van der Waals surface area contributed by atoms with Crippen molar-refractivity contribution in [2.24, 2.45) is 0 Å². The monoisotopic (exact) mass is 228 g/mol. The highest BCUT2D eigenvalue weighted by Crippen LogP contribution is 2.23. The van der Waals surface area contributed by atoms with Crippen LogP contribution < -0.4 is 10.2 Å². The van der Waals surface area contributed by atoms with E-state index in [9.17, 15) is 4.39 Å². The van der Waals surface area contributed by atoms with Gasteiger partial charge in [0, 0.05) is 30.7 Å². The predicted molar refractivity (Wildman–Crippen MR) is 61.1 cm³/mol. The maximum Gasteiger partial charge on any atom is 0.147 e. The summed E-state index contributed by atoms with van der Waals surface area (Å²) in [4.78, 5) is 2.05. The highest BCUT2D eigenvalue weighted by atomic mass is 35.5. The van der Waals surface area contributed by atoms with Gasteiger partial charge in [0.1, 0.15) is 5.82 Å². The Morgan fingerprint density at radius 1 is 1.53 bits per heavy atom. The molecule has 1 aromatic carbocycles. The largest absolute Gasteiger partial charge is 0.366 e. The second-order valence-corrected chi connectivity index (χ2v) is 4.33. The summed E-state index contributed by atoms with van der Waals surface area (Å²) < 4.78 is 13.6. The molecule has 0 aliphatic carbocycles. The van der Waals surface area contributed by atoms with Gasteiger partial charge in [-0.15, -0.1) is 0 Å². The average molecular weight is 229 g/mol. The van der Waals surface area contributed by atoms with Gasteiger partial charge in [-0.05, 0) is 25.1 Å². The van der Waals surface area contributed by atoms with Gasteiger partial charge in [0.25, 0.3) is 0 Å². The van der Waals surface area contributed by atoms with E-state index in [2.05, 4.69) is 12.2 Å². The molecule has 1 saturated heterocycles. The fourth-order valence-corrected chi connectivity index (χ4v) is 2.05. The minimum Gasteiger partial charge on any atom is -0.366 e. The topological polar surface area (TPSA) is 15.3 Å². The van der Waals surface area contributed by atoms with Crippen LogP contribution in [0.4, 0.5) is 10.1 Å². The molecular formula is C11H14ClFN2. The predicted octanol–water partition coefficient (Wildman–Crippen LogP) is 2.28. The maximum atomic E-state index is 13.6. The normalized spacial score (nSPS) is 21.8. The van der Waals surface area contributed by atoms with Gasteiger partial charge in [0.2, 0.25) is 0 Å². The lowest BCUT2D eigenvalue weighted by Gasteiger charge is -2.33. The Kier molecular flexibility index (Phi) is 3.12. The molecule has 1 aromatic rings. The molecule has 0 aromatic heterocycles. The van der Waals surface area contributed by atoms with Gasteiger partial charge in [0.15, 0.2) is 0 Å². The van der Waals surface area contributed by atoms with Crippen LogP contribution in [0.3, 0.4) is 0 Å². The molecule has 82 valence electrons.